The molecule has 0 aliphatic heterocycles. The Kier molecular flexibility index (Phi) is 5.30. The third-order valence-corrected chi connectivity index (χ3v) is 2.31. The monoisotopic (exact) mass is 290 g/mol. The van der Waals surface area contributed by atoms with Crippen LogP contribution in [0.3, 0.4) is 0 Å². The molecule has 0 spiro atoms. The van der Waals surface area contributed by atoms with E-state index in [4.69, 9.17) is 4.74 Å². The second-order valence-corrected chi connectivity index (χ2v) is 3.61. The molecule has 110 valence electrons. The fourth-order valence-corrected chi connectivity index (χ4v) is 1.52. The van der Waals surface area contributed by atoms with Gasteiger partial charge in [0.05, 0.1) is 25.7 Å². The van der Waals surface area contributed by atoms with E-state index in [0.29, 0.717) is 0 Å². The number of alkyl halides is 2. The summed E-state index contributed by atoms with van der Waals surface area (Å²) >= 11 is 0. The van der Waals surface area contributed by atoms with Gasteiger partial charge in [-0.2, -0.15) is 0 Å². The van der Waals surface area contributed by atoms with Crippen molar-refractivity contribution in [1.29, 1.82) is 0 Å². The van der Waals surface area contributed by atoms with Crippen LogP contribution in [0, 0.1) is 10.1 Å². The molecule has 0 radical (unpaired) electrons. The Morgan fingerprint density at radius 3 is 2.65 bits per heavy atom. The van der Waals surface area contributed by atoms with Crippen LogP contribution in [0.15, 0.2) is 6.07 Å². The number of hydrogen-bond donors (Lipinski definition) is 0. The zero-order chi connectivity index (χ0) is 15.3. The number of hydrogen-bond acceptors (Lipinski definition) is 6. The third kappa shape index (κ3) is 3.59. The van der Waals surface area contributed by atoms with Gasteiger partial charge in [-0.05, 0) is 17.9 Å². The molecule has 1 aromatic heterocycles. The molecular weight excluding hydrogens is 278 g/mol. The summed E-state index contributed by atoms with van der Waals surface area (Å²) in [5.41, 5.74) is -0.859. The SMILES string of the molecule is CCOC(=O)Cc1cc(C(F)F)c([N+](=O)[O-])nc1OC. The van der Waals surface area contributed by atoms with Crippen LogP contribution in [0.1, 0.15) is 24.5 Å². The third-order valence-electron chi connectivity index (χ3n) is 2.31. The van der Waals surface area contributed by atoms with E-state index >= 15 is 0 Å². The van der Waals surface area contributed by atoms with Gasteiger partial charge in [0.2, 0.25) is 0 Å². The Morgan fingerprint density at radius 2 is 2.20 bits per heavy atom. The molecule has 20 heavy (non-hydrogen) atoms. The molecule has 0 N–H and O–H groups in total. The van der Waals surface area contributed by atoms with Gasteiger partial charge in [-0.1, -0.05) is 0 Å². The fourth-order valence-electron chi connectivity index (χ4n) is 1.52. The molecule has 1 heterocycles. The zero-order valence-corrected chi connectivity index (χ0v) is 10.8. The second-order valence-electron chi connectivity index (χ2n) is 3.61. The molecule has 0 atom stereocenters. The van der Waals surface area contributed by atoms with Crippen LogP contribution in [0.2, 0.25) is 0 Å². The highest BCUT2D eigenvalue weighted by Gasteiger charge is 2.28. The topological polar surface area (TPSA) is 91.6 Å². The van der Waals surface area contributed by atoms with Crippen LogP contribution in [0.25, 0.3) is 0 Å². The molecule has 0 fully saturated rings. The van der Waals surface area contributed by atoms with Gasteiger partial charge in [-0.25, -0.2) is 8.78 Å². The first kappa shape index (κ1) is 15.7. The van der Waals surface area contributed by atoms with E-state index in [1.54, 1.807) is 6.92 Å². The first-order valence-corrected chi connectivity index (χ1v) is 5.56. The van der Waals surface area contributed by atoms with E-state index in [9.17, 15) is 23.7 Å². The molecule has 1 rings (SSSR count). The minimum Gasteiger partial charge on any atom is -0.466 e. The minimum absolute atomic E-state index is 0.00634. The van der Waals surface area contributed by atoms with Crippen LogP contribution in [0.5, 0.6) is 5.88 Å². The second kappa shape index (κ2) is 6.73. The van der Waals surface area contributed by atoms with Crippen molar-refractivity contribution in [2.45, 2.75) is 19.8 Å². The number of esters is 1. The Bertz CT molecular complexity index is 522. The summed E-state index contributed by atoms with van der Waals surface area (Å²) in [5.74, 6) is -1.92. The van der Waals surface area contributed by atoms with Crippen molar-refractivity contribution in [3.8, 4) is 5.88 Å². The summed E-state index contributed by atoms with van der Waals surface area (Å²) in [6.07, 6.45) is -3.45. The average molecular weight is 290 g/mol. The molecule has 0 aliphatic carbocycles. The van der Waals surface area contributed by atoms with Crippen molar-refractivity contribution in [1.82, 2.24) is 4.98 Å². The summed E-state index contributed by atoms with van der Waals surface area (Å²) in [6, 6.07) is 0.839. The maximum Gasteiger partial charge on any atom is 0.376 e. The Hall–Kier alpha value is -2.32. The molecule has 0 amide bonds. The number of carbonyl (C=O) groups excluding carboxylic acids is 1. The summed E-state index contributed by atoms with van der Waals surface area (Å²) in [6.45, 7) is 1.72. The maximum absolute atomic E-state index is 12.8. The van der Waals surface area contributed by atoms with Gasteiger partial charge >= 0.3 is 17.7 Å². The first-order chi connectivity index (χ1) is 9.40. The minimum atomic E-state index is -3.09. The standard InChI is InChI=1S/C11H12F2N2O5/c1-3-20-8(16)5-6-4-7(9(12)13)10(15(17)18)14-11(6)19-2/h4,9H,3,5H2,1-2H3. The average Bonchev–Trinajstić information content (AvgIpc) is 2.38. The number of pyridine rings is 1. The molecular formula is C11H12F2N2O5. The van der Waals surface area contributed by atoms with Gasteiger partial charge in [0.25, 0.3) is 6.43 Å². The zero-order valence-electron chi connectivity index (χ0n) is 10.8. The number of aromatic nitrogens is 1. The molecule has 0 unspecified atom stereocenters. The van der Waals surface area contributed by atoms with E-state index < -0.39 is 28.7 Å². The van der Waals surface area contributed by atoms with Gasteiger partial charge < -0.3 is 19.6 Å². The normalized spacial score (nSPS) is 10.4. The number of rotatable bonds is 6. The predicted molar refractivity (Wildman–Crippen MR) is 62.7 cm³/mol. The van der Waals surface area contributed by atoms with Crippen LogP contribution >= 0.6 is 0 Å². The van der Waals surface area contributed by atoms with E-state index in [2.05, 4.69) is 9.72 Å². The van der Waals surface area contributed by atoms with Gasteiger partial charge in [-0.3, -0.25) is 4.79 Å². The maximum atomic E-state index is 12.8. The van der Waals surface area contributed by atoms with Crippen LogP contribution in [-0.2, 0) is 16.0 Å². The summed E-state index contributed by atoms with van der Waals surface area (Å²) in [5, 5.41) is 10.7. The van der Waals surface area contributed by atoms with Crippen molar-refractivity contribution >= 4 is 11.8 Å². The van der Waals surface area contributed by atoms with Gasteiger partial charge in [0, 0.05) is 4.98 Å². The molecule has 0 saturated heterocycles. The smallest absolute Gasteiger partial charge is 0.376 e. The highest BCUT2D eigenvalue weighted by molar-refractivity contribution is 5.73. The quantitative estimate of drug-likeness (QED) is 0.452. The van der Waals surface area contributed by atoms with E-state index in [1.165, 1.54) is 7.11 Å². The lowest BCUT2D eigenvalue weighted by molar-refractivity contribution is -0.391. The number of halogens is 2. The van der Waals surface area contributed by atoms with Crippen molar-refractivity contribution < 1.29 is 28.0 Å². The lowest BCUT2D eigenvalue weighted by atomic mass is 10.1. The van der Waals surface area contributed by atoms with Gasteiger partial charge in [-0.15, -0.1) is 0 Å². The number of methoxy groups -OCH3 is 1. The van der Waals surface area contributed by atoms with Crippen molar-refractivity contribution in [2.24, 2.45) is 0 Å². The Morgan fingerprint density at radius 1 is 1.55 bits per heavy atom. The Labute approximate surface area is 112 Å². The van der Waals surface area contributed by atoms with Crippen LogP contribution in [-0.4, -0.2) is 29.6 Å². The number of ether oxygens (including phenoxy) is 2. The Balaban J connectivity index is 3.26. The molecule has 0 aromatic carbocycles. The first-order valence-electron chi connectivity index (χ1n) is 5.56. The van der Waals surface area contributed by atoms with Crippen LogP contribution in [0.4, 0.5) is 14.6 Å². The molecule has 0 bridgehead atoms. The number of carbonyl (C=O) groups is 1. The fraction of sp³-hybridized carbons (Fsp3) is 0.455. The summed E-state index contributed by atoms with van der Waals surface area (Å²) < 4.78 is 35.0. The van der Waals surface area contributed by atoms with Crippen molar-refractivity contribution in [2.75, 3.05) is 13.7 Å². The predicted octanol–water partition coefficient (Wildman–Crippen LogP) is 2.04. The van der Waals surface area contributed by atoms with Crippen molar-refractivity contribution in [3.63, 3.8) is 0 Å². The van der Waals surface area contributed by atoms with Gasteiger partial charge in [0.15, 0.2) is 0 Å². The highest BCUT2D eigenvalue weighted by Crippen LogP contribution is 2.32. The highest BCUT2D eigenvalue weighted by atomic mass is 19.3. The molecule has 7 nitrogen and oxygen atoms in total. The largest absolute Gasteiger partial charge is 0.466 e. The number of nitro groups is 1. The molecule has 0 aliphatic rings. The lowest BCUT2D eigenvalue weighted by Gasteiger charge is -2.07. The molecule has 1 aromatic rings. The van der Waals surface area contributed by atoms with E-state index in [1.807, 2.05) is 0 Å². The van der Waals surface area contributed by atoms with E-state index in [0.717, 1.165) is 6.07 Å². The lowest BCUT2D eigenvalue weighted by Crippen LogP contribution is -2.11. The summed E-state index contributed by atoms with van der Waals surface area (Å²) in [7, 11) is 1.17. The summed E-state index contributed by atoms with van der Waals surface area (Å²) in [4.78, 5) is 24.4. The van der Waals surface area contributed by atoms with Crippen molar-refractivity contribution in [3.05, 3.63) is 27.3 Å². The molecule has 0 saturated carbocycles. The van der Waals surface area contributed by atoms with E-state index in [-0.39, 0.29) is 24.5 Å². The van der Waals surface area contributed by atoms with Gasteiger partial charge in [0.1, 0.15) is 5.56 Å². The van der Waals surface area contributed by atoms with Crippen LogP contribution < -0.4 is 4.74 Å². The molecule has 9 heteroatoms. The number of nitrogens with zero attached hydrogens (tertiary/aromatic N) is 2.